The Morgan fingerprint density at radius 3 is 2.96 bits per heavy atom. The van der Waals surface area contributed by atoms with E-state index in [9.17, 15) is 4.79 Å². The smallest absolute Gasteiger partial charge is 0.180 e. The van der Waals surface area contributed by atoms with Crippen LogP contribution in [0.1, 0.15) is 36.5 Å². The van der Waals surface area contributed by atoms with Gasteiger partial charge in [-0.1, -0.05) is 43.1 Å². The molecule has 3 aliphatic rings. The van der Waals surface area contributed by atoms with Crippen LogP contribution in [0, 0.1) is 11.8 Å². The minimum atomic E-state index is 0.0124. The quantitative estimate of drug-likeness (QED) is 0.625. The Morgan fingerprint density at radius 2 is 2.22 bits per heavy atom. The molecule has 4 heterocycles. The SMILES string of the molecule is CC[C@H]1CN2CC[C@H]1C[C@@H]2C(=O)c1cc(Cl)nc2ccccc12. The van der Waals surface area contributed by atoms with E-state index in [0.29, 0.717) is 11.1 Å². The zero-order valence-corrected chi connectivity index (χ0v) is 14.1. The molecule has 23 heavy (non-hydrogen) atoms. The van der Waals surface area contributed by atoms with Gasteiger partial charge < -0.3 is 0 Å². The number of piperidine rings is 3. The largest absolute Gasteiger partial charge is 0.293 e. The van der Waals surface area contributed by atoms with Gasteiger partial charge in [-0.15, -0.1) is 0 Å². The van der Waals surface area contributed by atoms with Crippen molar-refractivity contribution >= 4 is 28.3 Å². The summed E-state index contributed by atoms with van der Waals surface area (Å²) in [6, 6.07) is 9.52. The maximum atomic E-state index is 13.2. The van der Waals surface area contributed by atoms with Crippen molar-refractivity contribution in [1.29, 1.82) is 0 Å². The van der Waals surface area contributed by atoms with Crippen molar-refractivity contribution in [3.63, 3.8) is 0 Å². The van der Waals surface area contributed by atoms with Gasteiger partial charge in [0.05, 0.1) is 11.6 Å². The van der Waals surface area contributed by atoms with Gasteiger partial charge in [0.15, 0.2) is 5.78 Å². The topological polar surface area (TPSA) is 33.2 Å². The fourth-order valence-corrected chi connectivity index (χ4v) is 4.60. The Kier molecular flexibility index (Phi) is 3.86. The summed E-state index contributed by atoms with van der Waals surface area (Å²) in [4.78, 5) is 19.9. The molecular formula is C19H21ClN2O. The van der Waals surface area contributed by atoms with Crippen molar-refractivity contribution in [2.75, 3.05) is 13.1 Å². The molecule has 1 aromatic heterocycles. The van der Waals surface area contributed by atoms with Crippen LogP contribution >= 0.6 is 11.6 Å². The molecule has 3 saturated heterocycles. The molecular weight excluding hydrogens is 308 g/mol. The van der Waals surface area contributed by atoms with Crippen LogP contribution in [0.5, 0.6) is 0 Å². The third kappa shape index (κ3) is 2.56. The Morgan fingerprint density at radius 1 is 1.39 bits per heavy atom. The zero-order valence-electron chi connectivity index (χ0n) is 13.3. The summed E-state index contributed by atoms with van der Waals surface area (Å²) >= 11 is 6.15. The van der Waals surface area contributed by atoms with Gasteiger partial charge in [0.2, 0.25) is 0 Å². The molecule has 1 unspecified atom stereocenters. The molecule has 0 radical (unpaired) electrons. The van der Waals surface area contributed by atoms with Crippen molar-refractivity contribution < 1.29 is 4.79 Å². The molecule has 5 rings (SSSR count). The lowest BCUT2D eigenvalue weighted by Crippen LogP contribution is -2.56. The standard InChI is InChI=1S/C19H21ClN2O/c1-2-12-11-22-8-7-13(12)9-17(22)19(23)15-10-18(20)21-16-6-4-3-5-14(15)16/h3-6,10,12-13,17H,2,7-9,11H2,1H3/t12-,13-,17+/m0/s1. The molecule has 0 N–H and O–H groups in total. The van der Waals surface area contributed by atoms with E-state index in [1.807, 2.05) is 24.3 Å². The molecule has 0 amide bonds. The Labute approximate surface area is 141 Å². The summed E-state index contributed by atoms with van der Waals surface area (Å²) in [7, 11) is 0. The normalized spacial score (nSPS) is 29.8. The number of fused-ring (bicyclic) bond motifs is 4. The third-order valence-electron chi connectivity index (χ3n) is 5.67. The van der Waals surface area contributed by atoms with Gasteiger partial charge in [-0.2, -0.15) is 0 Å². The van der Waals surface area contributed by atoms with E-state index in [-0.39, 0.29) is 11.8 Å². The molecule has 120 valence electrons. The average molecular weight is 329 g/mol. The second kappa shape index (κ2) is 5.88. The van der Waals surface area contributed by atoms with Gasteiger partial charge in [0.25, 0.3) is 0 Å². The van der Waals surface area contributed by atoms with E-state index in [0.717, 1.165) is 41.9 Å². The number of carbonyl (C=O) groups excluding carboxylic acids is 1. The first kappa shape index (κ1) is 15.1. The highest BCUT2D eigenvalue weighted by Crippen LogP contribution is 2.39. The number of rotatable bonds is 3. The number of ketones is 1. The molecule has 2 aromatic rings. The van der Waals surface area contributed by atoms with Crippen LogP contribution in [0.25, 0.3) is 10.9 Å². The van der Waals surface area contributed by atoms with Crippen molar-refractivity contribution in [3.8, 4) is 0 Å². The van der Waals surface area contributed by atoms with Crippen molar-refractivity contribution in [3.05, 3.63) is 41.0 Å². The zero-order chi connectivity index (χ0) is 16.0. The second-order valence-electron chi connectivity index (χ2n) is 6.84. The number of nitrogens with zero attached hydrogens (tertiary/aromatic N) is 2. The minimum Gasteiger partial charge on any atom is -0.293 e. The number of aromatic nitrogens is 1. The molecule has 3 fully saturated rings. The molecule has 4 heteroatoms. The molecule has 2 bridgehead atoms. The average Bonchev–Trinajstić information content (AvgIpc) is 2.60. The predicted molar refractivity (Wildman–Crippen MR) is 92.9 cm³/mol. The van der Waals surface area contributed by atoms with E-state index in [1.54, 1.807) is 6.07 Å². The summed E-state index contributed by atoms with van der Waals surface area (Å²) in [5.41, 5.74) is 1.52. The summed E-state index contributed by atoms with van der Waals surface area (Å²) < 4.78 is 0. The fraction of sp³-hybridized carbons (Fsp3) is 0.474. The second-order valence-corrected chi connectivity index (χ2v) is 7.22. The lowest BCUT2D eigenvalue weighted by molar-refractivity contribution is 0.00515. The number of para-hydroxylation sites is 1. The Hall–Kier alpha value is -1.45. The van der Waals surface area contributed by atoms with Crippen LogP contribution < -0.4 is 0 Å². The molecule has 0 saturated carbocycles. The van der Waals surface area contributed by atoms with Crippen LogP contribution in [0.2, 0.25) is 5.15 Å². The highest BCUT2D eigenvalue weighted by molar-refractivity contribution is 6.30. The highest BCUT2D eigenvalue weighted by atomic mass is 35.5. The number of hydrogen-bond acceptors (Lipinski definition) is 3. The van der Waals surface area contributed by atoms with Gasteiger partial charge in [0, 0.05) is 17.5 Å². The molecule has 4 atom stereocenters. The summed E-state index contributed by atoms with van der Waals surface area (Å²) in [5, 5.41) is 1.31. The Balaban J connectivity index is 1.71. The van der Waals surface area contributed by atoms with E-state index >= 15 is 0 Å². The van der Waals surface area contributed by atoms with Crippen LogP contribution in [0.3, 0.4) is 0 Å². The summed E-state index contributed by atoms with van der Waals surface area (Å²) in [5.74, 6) is 1.66. The monoisotopic (exact) mass is 328 g/mol. The van der Waals surface area contributed by atoms with Gasteiger partial charge in [0.1, 0.15) is 5.15 Å². The highest BCUT2D eigenvalue weighted by Gasteiger charge is 2.42. The van der Waals surface area contributed by atoms with Gasteiger partial charge in [-0.3, -0.25) is 9.69 Å². The van der Waals surface area contributed by atoms with E-state index in [4.69, 9.17) is 11.6 Å². The maximum Gasteiger partial charge on any atom is 0.180 e. The number of carbonyl (C=O) groups is 1. The number of benzene rings is 1. The van der Waals surface area contributed by atoms with Crippen LogP contribution in [-0.4, -0.2) is 34.8 Å². The maximum absolute atomic E-state index is 13.2. The first-order valence-electron chi connectivity index (χ1n) is 8.51. The van der Waals surface area contributed by atoms with E-state index in [1.165, 1.54) is 12.8 Å². The number of hydrogen-bond donors (Lipinski definition) is 0. The van der Waals surface area contributed by atoms with Gasteiger partial charge in [-0.05, 0) is 43.4 Å². The fourth-order valence-electron chi connectivity index (χ4n) is 4.40. The lowest BCUT2D eigenvalue weighted by atomic mass is 9.73. The number of pyridine rings is 1. The van der Waals surface area contributed by atoms with Crippen LogP contribution in [0.15, 0.2) is 30.3 Å². The van der Waals surface area contributed by atoms with E-state index in [2.05, 4.69) is 16.8 Å². The van der Waals surface area contributed by atoms with Crippen molar-refractivity contribution in [2.24, 2.45) is 11.8 Å². The molecule has 3 nitrogen and oxygen atoms in total. The number of halogens is 1. The molecule has 1 aromatic carbocycles. The number of Topliss-reactive ketones (excluding diaryl/α,β-unsaturated/α-hetero) is 1. The third-order valence-corrected chi connectivity index (χ3v) is 5.86. The molecule has 0 spiro atoms. The Bertz CT molecular complexity index is 760. The van der Waals surface area contributed by atoms with E-state index < -0.39 is 0 Å². The van der Waals surface area contributed by atoms with Crippen molar-refractivity contribution in [1.82, 2.24) is 9.88 Å². The minimum absolute atomic E-state index is 0.0124. The van der Waals surface area contributed by atoms with Crippen LogP contribution in [-0.2, 0) is 0 Å². The summed E-state index contributed by atoms with van der Waals surface area (Å²) in [6.07, 6.45) is 3.44. The molecule has 3 aliphatic heterocycles. The molecule has 0 aliphatic carbocycles. The van der Waals surface area contributed by atoms with Crippen LogP contribution in [0.4, 0.5) is 0 Å². The van der Waals surface area contributed by atoms with Gasteiger partial charge in [-0.25, -0.2) is 4.98 Å². The predicted octanol–water partition coefficient (Wildman–Crippen LogP) is 4.19. The first-order chi connectivity index (χ1) is 11.2. The summed E-state index contributed by atoms with van der Waals surface area (Å²) in [6.45, 7) is 4.38. The van der Waals surface area contributed by atoms with Crippen molar-refractivity contribution in [2.45, 2.75) is 32.2 Å². The lowest BCUT2D eigenvalue weighted by Gasteiger charge is -2.49. The first-order valence-corrected chi connectivity index (χ1v) is 8.88. The van der Waals surface area contributed by atoms with Gasteiger partial charge >= 0.3 is 0 Å².